The summed E-state index contributed by atoms with van der Waals surface area (Å²) in [5, 5.41) is 2.02. The van der Waals surface area contributed by atoms with Crippen LogP contribution in [0.4, 0.5) is 15.0 Å². The molecule has 0 bridgehead atoms. The Morgan fingerprint density at radius 1 is 1.73 bits per heavy atom. The second-order valence-electron chi connectivity index (χ2n) is 2.66. The van der Waals surface area contributed by atoms with E-state index in [1.165, 1.54) is 0 Å². The summed E-state index contributed by atoms with van der Waals surface area (Å²) in [6.45, 7) is 2.04. The van der Waals surface area contributed by atoms with Crippen molar-refractivity contribution in [3.8, 4) is 0 Å². The van der Waals surface area contributed by atoms with Gasteiger partial charge in [0.1, 0.15) is 0 Å². The van der Waals surface area contributed by atoms with Crippen LogP contribution in [0.15, 0.2) is 11.0 Å². The molecule has 6 nitrogen and oxygen atoms in total. The molecule has 1 heterocycles. The maximum atomic E-state index is 12.9. The van der Waals surface area contributed by atoms with Crippen molar-refractivity contribution < 1.29 is 13.9 Å². The van der Waals surface area contributed by atoms with Crippen LogP contribution in [-0.4, -0.2) is 22.7 Å². The van der Waals surface area contributed by atoms with E-state index in [9.17, 15) is 14.0 Å². The minimum absolute atomic E-state index is 0.219. The highest BCUT2D eigenvalue weighted by atomic mass is 19.1. The molecular formula is C8H10FN3O3. The summed E-state index contributed by atoms with van der Waals surface area (Å²) < 4.78 is 17.6. The number of ether oxygens (including phenoxy) is 1. The van der Waals surface area contributed by atoms with Gasteiger partial charge in [0.05, 0.1) is 6.61 Å². The molecule has 0 aliphatic carbocycles. The van der Waals surface area contributed by atoms with Gasteiger partial charge in [-0.2, -0.15) is 4.98 Å². The number of rotatable bonds is 3. The Morgan fingerprint density at radius 3 is 3.13 bits per heavy atom. The average molecular weight is 215 g/mol. The zero-order valence-corrected chi connectivity index (χ0v) is 8.04. The Hall–Kier alpha value is -1.92. The number of aromatic amines is 1. The number of anilines is 1. The largest absolute Gasteiger partial charge is 0.449 e. The molecule has 0 radical (unpaired) electrons. The molecule has 1 aromatic rings. The van der Waals surface area contributed by atoms with Crippen LogP contribution in [0.5, 0.6) is 0 Å². The fraction of sp³-hybridized carbons (Fsp3) is 0.375. The van der Waals surface area contributed by atoms with Crippen molar-refractivity contribution in [3.63, 3.8) is 0 Å². The normalized spacial score (nSPS) is 9.73. The molecule has 0 fully saturated rings. The van der Waals surface area contributed by atoms with E-state index in [0.29, 0.717) is 6.42 Å². The lowest BCUT2D eigenvalue weighted by atomic mass is 10.5. The summed E-state index contributed by atoms with van der Waals surface area (Å²) in [5.74, 6) is -1.28. The lowest BCUT2D eigenvalue weighted by molar-refractivity contribution is 0.161. The highest BCUT2D eigenvalue weighted by molar-refractivity contribution is 5.83. The molecule has 1 amide bonds. The number of amides is 1. The van der Waals surface area contributed by atoms with Gasteiger partial charge in [-0.1, -0.05) is 6.92 Å². The van der Waals surface area contributed by atoms with E-state index < -0.39 is 23.4 Å². The molecule has 0 unspecified atom stereocenters. The predicted octanol–water partition coefficient (Wildman–Crippen LogP) is 0.867. The van der Waals surface area contributed by atoms with Gasteiger partial charge < -0.3 is 9.72 Å². The summed E-state index contributed by atoms with van der Waals surface area (Å²) in [6, 6.07) is 0. The van der Waals surface area contributed by atoms with E-state index in [1.807, 2.05) is 17.2 Å². The highest BCUT2D eigenvalue weighted by Crippen LogP contribution is 2.05. The number of H-pyrrole nitrogens is 1. The molecule has 1 aromatic heterocycles. The van der Waals surface area contributed by atoms with Crippen molar-refractivity contribution in [1.82, 2.24) is 9.97 Å². The minimum atomic E-state index is -0.839. The van der Waals surface area contributed by atoms with Gasteiger partial charge in [-0.05, 0) is 6.42 Å². The first-order valence-electron chi connectivity index (χ1n) is 4.32. The van der Waals surface area contributed by atoms with Crippen molar-refractivity contribution in [3.05, 3.63) is 22.5 Å². The van der Waals surface area contributed by atoms with Gasteiger partial charge in [-0.3, -0.25) is 5.32 Å². The van der Waals surface area contributed by atoms with Gasteiger partial charge in [-0.25, -0.2) is 14.0 Å². The third kappa shape index (κ3) is 3.37. The SMILES string of the molecule is CCCOC(=O)Nc1nc(=O)[nH]cc1F. The Morgan fingerprint density at radius 2 is 2.47 bits per heavy atom. The van der Waals surface area contributed by atoms with Crippen molar-refractivity contribution in [2.24, 2.45) is 0 Å². The molecule has 0 aliphatic rings. The first-order valence-corrected chi connectivity index (χ1v) is 4.32. The molecule has 0 aliphatic heterocycles. The monoisotopic (exact) mass is 215 g/mol. The quantitative estimate of drug-likeness (QED) is 0.783. The van der Waals surface area contributed by atoms with Gasteiger partial charge in [0.15, 0.2) is 11.6 Å². The molecule has 1 rings (SSSR count). The van der Waals surface area contributed by atoms with Crippen molar-refractivity contribution >= 4 is 11.9 Å². The standard InChI is InChI=1S/C8H10FN3O3/c1-2-3-15-8(14)12-6-5(9)4-10-7(13)11-6/h4H,2-3H2,1H3,(H2,10,11,12,13,14). The van der Waals surface area contributed by atoms with Gasteiger partial charge in [-0.15, -0.1) is 0 Å². The average Bonchev–Trinajstić information content (AvgIpc) is 2.20. The number of aromatic nitrogens is 2. The fourth-order valence-electron chi connectivity index (χ4n) is 0.796. The summed E-state index contributed by atoms with van der Waals surface area (Å²) in [4.78, 5) is 26.9. The lowest BCUT2D eigenvalue weighted by Crippen LogP contribution is -2.20. The number of carbonyl (C=O) groups is 1. The van der Waals surface area contributed by atoms with Gasteiger partial charge in [0.2, 0.25) is 0 Å². The number of hydrogen-bond acceptors (Lipinski definition) is 4. The second-order valence-corrected chi connectivity index (χ2v) is 2.66. The zero-order valence-electron chi connectivity index (χ0n) is 8.04. The molecule has 2 N–H and O–H groups in total. The summed E-state index contributed by atoms with van der Waals surface area (Å²) >= 11 is 0. The van der Waals surface area contributed by atoms with Crippen LogP contribution in [-0.2, 0) is 4.74 Å². The molecule has 0 saturated carbocycles. The van der Waals surface area contributed by atoms with Crippen molar-refractivity contribution in [2.75, 3.05) is 11.9 Å². The third-order valence-electron chi connectivity index (χ3n) is 1.42. The van der Waals surface area contributed by atoms with Crippen LogP contribution in [0.2, 0.25) is 0 Å². The molecular weight excluding hydrogens is 205 g/mol. The molecule has 0 spiro atoms. The van der Waals surface area contributed by atoms with Gasteiger partial charge >= 0.3 is 11.8 Å². The number of nitrogens with one attached hydrogen (secondary N) is 2. The number of halogens is 1. The van der Waals surface area contributed by atoms with Crippen LogP contribution >= 0.6 is 0 Å². The van der Waals surface area contributed by atoms with Gasteiger partial charge in [0.25, 0.3) is 0 Å². The molecule has 0 aromatic carbocycles. The van der Waals surface area contributed by atoms with Crippen molar-refractivity contribution in [1.29, 1.82) is 0 Å². The maximum absolute atomic E-state index is 12.9. The smallest absolute Gasteiger partial charge is 0.412 e. The topological polar surface area (TPSA) is 84.1 Å². The first-order chi connectivity index (χ1) is 7.13. The number of hydrogen-bond donors (Lipinski definition) is 2. The minimum Gasteiger partial charge on any atom is -0.449 e. The van der Waals surface area contributed by atoms with E-state index >= 15 is 0 Å². The Bertz CT molecular complexity index is 404. The predicted molar refractivity (Wildman–Crippen MR) is 50.1 cm³/mol. The lowest BCUT2D eigenvalue weighted by Gasteiger charge is -2.04. The van der Waals surface area contributed by atoms with Crippen LogP contribution in [0.25, 0.3) is 0 Å². The highest BCUT2D eigenvalue weighted by Gasteiger charge is 2.09. The zero-order chi connectivity index (χ0) is 11.3. The van der Waals surface area contributed by atoms with E-state index in [4.69, 9.17) is 0 Å². The molecule has 82 valence electrons. The van der Waals surface area contributed by atoms with Crippen LogP contribution in [0.3, 0.4) is 0 Å². The second kappa shape index (κ2) is 5.08. The van der Waals surface area contributed by atoms with E-state index in [-0.39, 0.29) is 6.61 Å². The number of carbonyl (C=O) groups excluding carboxylic acids is 1. The molecule has 0 atom stereocenters. The van der Waals surface area contributed by atoms with E-state index in [2.05, 4.69) is 9.72 Å². The van der Waals surface area contributed by atoms with Gasteiger partial charge in [0, 0.05) is 6.20 Å². The Balaban J connectivity index is 2.67. The molecule has 15 heavy (non-hydrogen) atoms. The summed E-state index contributed by atoms with van der Waals surface area (Å²) in [6.07, 6.45) is 0.623. The fourth-order valence-corrected chi connectivity index (χ4v) is 0.796. The molecule has 0 saturated heterocycles. The van der Waals surface area contributed by atoms with E-state index in [0.717, 1.165) is 6.20 Å². The summed E-state index contributed by atoms with van der Waals surface area (Å²) in [7, 11) is 0. The van der Waals surface area contributed by atoms with Crippen LogP contribution in [0.1, 0.15) is 13.3 Å². The Labute approximate surface area is 84.5 Å². The van der Waals surface area contributed by atoms with Crippen molar-refractivity contribution in [2.45, 2.75) is 13.3 Å². The first kappa shape index (κ1) is 11.2. The van der Waals surface area contributed by atoms with Crippen LogP contribution < -0.4 is 11.0 Å². The summed E-state index contributed by atoms with van der Waals surface area (Å²) in [5.41, 5.74) is -0.748. The third-order valence-corrected chi connectivity index (χ3v) is 1.42. The van der Waals surface area contributed by atoms with Crippen LogP contribution in [0, 0.1) is 5.82 Å². The number of nitrogens with zero attached hydrogens (tertiary/aromatic N) is 1. The molecule has 7 heteroatoms. The maximum Gasteiger partial charge on any atom is 0.412 e. The van der Waals surface area contributed by atoms with E-state index in [1.54, 1.807) is 0 Å². The Kier molecular flexibility index (Phi) is 3.78.